The highest BCUT2D eigenvalue weighted by molar-refractivity contribution is 5.74. The third kappa shape index (κ3) is 3.63. The number of rotatable bonds is 6. The van der Waals surface area contributed by atoms with E-state index in [1.165, 1.54) is 7.11 Å². The lowest BCUT2D eigenvalue weighted by Crippen LogP contribution is -2.29. The smallest absolute Gasteiger partial charge is 0.328 e. The third-order valence-electron chi connectivity index (χ3n) is 4.01. The highest BCUT2D eigenvalue weighted by Gasteiger charge is 2.30. The maximum absolute atomic E-state index is 12.1. The first-order valence-electron chi connectivity index (χ1n) is 7.47. The number of carbonyl (C=O) groups excluding carboxylic acids is 1. The Morgan fingerprint density at radius 3 is 2.95 bits per heavy atom. The molecule has 6 nitrogen and oxygen atoms in total. The van der Waals surface area contributed by atoms with E-state index in [1.807, 2.05) is 4.57 Å². The lowest BCUT2D eigenvalue weighted by atomic mass is 9.96. The van der Waals surface area contributed by atoms with Gasteiger partial charge in [0, 0.05) is 18.7 Å². The summed E-state index contributed by atoms with van der Waals surface area (Å²) < 4.78 is 12.2. The van der Waals surface area contributed by atoms with Gasteiger partial charge >= 0.3 is 5.97 Å². The van der Waals surface area contributed by atoms with Gasteiger partial charge in [0.15, 0.2) is 0 Å². The third-order valence-corrected chi connectivity index (χ3v) is 4.01. The molecule has 1 fully saturated rings. The standard InChI is InChI=1S/C15H25N3O3/c1-10(2)6-12(15(19)20-3)18-9-17-7-13(18)14(16)11-4-5-21-8-11/h7,9-12,14H,4-6,8,16H2,1-3H3. The molecule has 1 aromatic rings. The number of hydrogen-bond acceptors (Lipinski definition) is 5. The average molecular weight is 295 g/mol. The van der Waals surface area contributed by atoms with Gasteiger partial charge in [0.05, 0.1) is 31.8 Å². The zero-order chi connectivity index (χ0) is 15.4. The molecule has 0 spiro atoms. The predicted octanol–water partition coefficient (Wildman–Crippen LogP) is 1.68. The number of ether oxygens (including phenoxy) is 2. The van der Waals surface area contributed by atoms with Crippen molar-refractivity contribution in [3.63, 3.8) is 0 Å². The number of aromatic nitrogens is 2. The van der Waals surface area contributed by atoms with Crippen molar-refractivity contribution in [3.8, 4) is 0 Å². The van der Waals surface area contributed by atoms with Gasteiger partial charge in [-0.3, -0.25) is 0 Å². The first-order valence-corrected chi connectivity index (χ1v) is 7.47. The average Bonchev–Trinajstić information content (AvgIpc) is 3.13. The van der Waals surface area contributed by atoms with Crippen LogP contribution in [0.3, 0.4) is 0 Å². The highest BCUT2D eigenvalue weighted by Crippen LogP contribution is 2.30. The molecule has 6 heteroatoms. The molecule has 0 saturated carbocycles. The van der Waals surface area contributed by atoms with Crippen molar-refractivity contribution in [1.29, 1.82) is 0 Å². The van der Waals surface area contributed by atoms with Crippen molar-refractivity contribution < 1.29 is 14.3 Å². The fourth-order valence-corrected chi connectivity index (χ4v) is 2.82. The van der Waals surface area contributed by atoms with Crippen LogP contribution in [0.4, 0.5) is 0 Å². The summed E-state index contributed by atoms with van der Waals surface area (Å²) in [5.41, 5.74) is 7.24. The Hall–Kier alpha value is -1.40. The molecule has 0 aliphatic carbocycles. The van der Waals surface area contributed by atoms with Crippen molar-refractivity contribution in [2.24, 2.45) is 17.6 Å². The molecule has 1 aliphatic rings. The number of esters is 1. The van der Waals surface area contributed by atoms with Gasteiger partial charge in [-0.2, -0.15) is 0 Å². The SMILES string of the molecule is COC(=O)C(CC(C)C)n1cncc1C(N)C1CCOC1. The van der Waals surface area contributed by atoms with Crippen LogP contribution in [0, 0.1) is 11.8 Å². The maximum Gasteiger partial charge on any atom is 0.328 e. The van der Waals surface area contributed by atoms with Crippen LogP contribution in [0.5, 0.6) is 0 Å². The van der Waals surface area contributed by atoms with E-state index in [4.69, 9.17) is 15.2 Å². The van der Waals surface area contributed by atoms with Crippen LogP contribution in [0.1, 0.15) is 44.5 Å². The van der Waals surface area contributed by atoms with E-state index in [0.717, 1.165) is 18.7 Å². The predicted molar refractivity (Wildman–Crippen MR) is 78.6 cm³/mol. The van der Waals surface area contributed by atoms with Crippen LogP contribution in [-0.2, 0) is 14.3 Å². The van der Waals surface area contributed by atoms with E-state index in [1.54, 1.807) is 12.5 Å². The summed E-state index contributed by atoms with van der Waals surface area (Å²) in [5, 5.41) is 0. The van der Waals surface area contributed by atoms with Crippen molar-refractivity contribution in [2.75, 3.05) is 20.3 Å². The Bertz CT molecular complexity index is 466. The lowest BCUT2D eigenvalue weighted by molar-refractivity contribution is -0.145. The maximum atomic E-state index is 12.1. The van der Waals surface area contributed by atoms with E-state index in [0.29, 0.717) is 18.9 Å². The molecule has 0 bridgehead atoms. The number of imidazole rings is 1. The summed E-state index contributed by atoms with van der Waals surface area (Å²) in [6.07, 6.45) is 5.07. The Balaban J connectivity index is 2.24. The minimum atomic E-state index is -0.374. The van der Waals surface area contributed by atoms with Crippen LogP contribution >= 0.6 is 0 Å². The largest absolute Gasteiger partial charge is 0.467 e. The molecule has 2 N–H and O–H groups in total. The van der Waals surface area contributed by atoms with Gasteiger partial charge in [-0.25, -0.2) is 9.78 Å². The van der Waals surface area contributed by atoms with Crippen LogP contribution in [0.2, 0.25) is 0 Å². The molecular formula is C15H25N3O3. The molecule has 3 unspecified atom stereocenters. The molecule has 21 heavy (non-hydrogen) atoms. The molecule has 118 valence electrons. The molecule has 3 atom stereocenters. The number of methoxy groups -OCH3 is 1. The first-order chi connectivity index (χ1) is 10.0. The molecule has 1 aliphatic heterocycles. The van der Waals surface area contributed by atoms with Crippen molar-refractivity contribution in [2.45, 2.75) is 38.8 Å². The summed E-state index contributed by atoms with van der Waals surface area (Å²) in [6.45, 7) is 5.58. The van der Waals surface area contributed by atoms with Gasteiger partial charge in [-0.15, -0.1) is 0 Å². The van der Waals surface area contributed by atoms with Crippen LogP contribution in [-0.4, -0.2) is 35.8 Å². The fourth-order valence-electron chi connectivity index (χ4n) is 2.82. The molecular weight excluding hydrogens is 270 g/mol. The molecule has 2 heterocycles. The van der Waals surface area contributed by atoms with E-state index < -0.39 is 0 Å². The zero-order valence-corrected chi connectivity index (χ0v) is 13.0. The van der Waals surface area contributed by atoms with Crippen LogP contribution in [0.25, 0.3) is 0 Å². The van der Waals surface area contributed by atoms with Crippen molar-refractivity contribution in [1.82, 2.24) is 9.55 Å². The topological polar surface area (TPSA) is 79.4 Å². The van der Waals surface area contributed by atoms with E-state index >= 15 is 0 Å². The van der Waals surface area contributed by atoms with Crippen molar-refractivity contribution >= 4 is 5.97 Å². The Labute approximate surface area is 125 Å². The molecule has 2 rings (SSSR count). The summed E-state index contributed by atoms with van der Waals surface area (Å²) in [4.78, 5) is 16.3. The lowest BCUT2D eigenvalue weighted by Gasteiger charge is -2.24. The molecule has 1 aromatic heterocycles. The zero-order valence-electron chi connectivity index (χ0n) is 13.0. The van der Waals surface area contributed by atoms with Crippen LogP contribution < -0.4 is 5.73 Å². The monoisotopic (exact) mass is 295 g/mol. The second-order valence-corrected chi connectivity index (χ2v) is 6.04. The summed E-state index contributed by atoms with van der Waals surface area (Å²) in [6, 6.07) is -0.546. The number of nitrogens with two attached hydrogens (primary N) is 1. The normalized spacial score (nSPS) is 21.5. The highest BCUT2D eigenvalue weighted by atomic mass is 16.5. The number of carbonyl (C=O) groups is 1. The molecule has 0 radical (unpaired) electrons. The van der Waals surface area contributed by atoms with E-state index in [2.05, 4.69) is 18.8 Å². The van der Waals surface area contributed by atoms with Crippen molar-refractivity contribution in [3.05, 3.63) is 18.2 Å². The Morgan fingerprint density at radius 2 is 2.38 bits per heavy atom. The Morgan fingerprint density at radius 1 is 1.62 bits per heavy atom. The summed E-state index contributed by atoms with van der Waals surface area (Å²) in [7, 11) is 1.41. The van der Waals surface area contributed by atoms with Gasteiger partial charge in [-0.05, 0) is 18.8 Å². The summed E-state index contributed by atoms with van der Waals surface area (Å²) in [5.74, 6) is 0.394. The number of nitrogens with zero attached hydrogens (tertiary/aromatic N) is 2. The molecule has 0 aromatic carbocycles. The first kappa shape index (κ1) is 16.0. The Kier molecular flexibility index (Phi) is 5.36. The molecule has 1 saturated heterocycles. The van der Waals surface area contributed by atoms with E-state index in [-0.39, 0.29) is 24.0 Å². The van der Waals surface area contributed by atoms with Gasteiger partial charge in [0.25, 0.3) is 0 Å². The second kappa shape index (κ2) is 7.04. The number of hydrogen-bond donors (Lipinski definition) is 1. The second-order valence-electron chi connectivity index (χ2n) is 6.04. The van der Waals surface area contributed by atoms with Gasteiger partial charge < -0.3 is 19.8 Å². The van der Waals surface area contributed by atoms with Gasteiger partial charge in [0.1, 0.15) is 6.04 Å². The quantitative estimate of drug-likeness (QED) is 0.808. The van der Waals surface area contributed by atoms with E-state index in [9.17, 15) is 4.79 Å². The fraction of sp³-hybridized carbons (Fsp3) is 0.733. The van der Waals surface area contributed by atoms with Gasteiger partial charge in [0.2, 0.25) is 0 Å². The minimum Gasteiger partial charge on any atom is -0.467 e. The van der Waals surface area contributed by atoms with Crippen LogP contribution in [0.15, 0.2) is 12.5 Å². The van der Waals surface area contributed by atoms with Gasteiger partial charge in [-0.1, -0.05) is 13.8 Å². The molecule has 0 amide bonds. The minimum absolute atomic E-state index is 0.172. The summed E-state index contributed by atoms with van der Waals surface area (Å²) >= 11 is 0.